The molecule has 0 bridgehead atoms. The van der Waals surface area contributed by atoms with E-state index in [4.69, 9.17) is 16.3 Å². The lowest BCUT2D eigenvalue weighted by atomic mass is 10.0. The van der Waals surface area contributed by atoms with Gasteiger partial charge in [-0.15, -0.1) is 0 Å². The highest BCUT2D eigenvalue weighted by atomic mass is 35.5. The summed E-state index contributed by atoms with van der Waals surface area (Å²) >= 11 is 7.74. The lowest BCUT2D eigenvalue weighted by Crippen LogP contribution is -2.11. The Balaban J connectivity index is 2.57. The summed E-state index contributed by atoms with van der Waals surface area (Å²) in [5.74, 6) is 2.38. The Morgan fingerprint density at radius 3 is 3.07 bits per heavy atom. The molecule has 2 rings (SSSR count). The first kappa shape index (κ1) is 10.1. The molecule has 1 unspecified atom stereocenters. The standard InChI is InChI=1S/C10H11ClO2S/c1-13-9-3-2-7(11)10-6(9)4-14-5-8(10)12/h2-3,8,12H,4-5H2,1H3. The van der Waals surface area contributed by atoms with Gasteiger partial charge in [-0.2, -0.15) is 11.8 Å². The zero-order valence-corrected chi connectivity index (χ0v) is 9.36. The molecule has 4 heteroatoms. The molecule has 1 atom stereocenters. The molecular weight excluding hydrogens is 220 g/mol. The second-order valence-corrected chi connectivity index (χ2v) is 4.61. The van der Waals surface area contributed by atoms with Crippen molar-refractivity contribution in [1.29, 1.82) is 0 Å². The molecule has 0 saturated carbocycles. The van der Waals surface area contributed by atoms with Gasteiger partial charge in [-0.1, -0.05) is 11.6 Å². The first-order chi connectivity index (χ1) is 6.74. The molecule has 0 radical (unpaired) electrons. The summed E-state index contributed by atoms with van der Waals surface area (Å²) < 4.78 is 5.23. The summed E-state index contributed by atoms with van der Waals surface area (Å²) in [6, 6.07) is 3.62. The zero-order chi connectivity index (χ0) is 10.1. The van der Waals surface area contributed by atoms with Crippen molar-refractivity contribution in [2.75, 3.05) is 12.9 Å². The van der Waals surface area contributed by atoms with E-state index in [1.807, 2.05) is 6.07 Å². The smallest absolute Gasteiger partial charge is 0.123 e. The largest absolute Gasteiger partial charge is 0.496 e. The Bertz CT molecular complexity index is 354. The van der Waals surface area contributed by atoms with Gasteiger partial charge in [0, 0.05) is 27.7 Å². The zero-order valence-electron chi connectivity index (χ0n) is 7.79. The number of methoxy groups -OCH3 is 1. The topological polar surface area (TPSA) is 29.5 Å². The molecule has 2 nitrogen and oxygen atoms in total. The number of fused-ring (bicyclic) bond motifs is 1. The first-order valence-electron chi connectivity index (χ1n) is 4.35. The van der Waals surface area contributed by atoms with Gasteiger partial charge in [0.05, 0.1) is 13.2 Å². The maximum Gasteiger partial charge on any atom is 0.123 e. The summed E-state index contributed by atoms with van der Waals surface area (Å²) in [7, 11) is 1.63. The van der Waals surface area contributed by atoms with Gasteiger partial charge < -0.3 is 9.84 Å². The van der Waals surface area contributed by atoms with Gasteiger partial charge in [0.2, 0.25) is 0 Å². The van der Waals surface area contributed by atoms with E-state index in [2.05, 4.69) is 0 Å². The molecule has 14 heavy (non-hydrogen) atoms. The van der Waals surface area contributed by atoms with Crippen LogP contribution in [0.1, 0.15) is 17.2 Å². The molecule has 1 heterocycles. The van der Waals surface area contributed by atoms with Crippen molar-refractivity contribution < 1.29 is 9.84 Å². The van der Waals surface area contributed by atoms with Crippen molar-refractivity contribution in [2.45, 2.75) is 11.9 Å². The number of halogens is 1. The number of aliphatic hydroxyl groups is 1. The Morgan fingerprint density at radius 1 is 1.57 bits per heavy atom. The first-order valence-corrected chi connectivity index (χ1v) is 5.88. The number of rotatable bonds is 1. The molecule has 76 valence electrons. The van der Waals surface area contributed by atoms with Crippen molar-refractivity contribution in [3.63, 3.8) is 0 Å². The molecule has 1 aliphatic rings. The molecule has 0 fully saturated rings. The highest BCUT2D eigenvalue weighted by Crippen LogP contribution is 2.40. The van der Waals surface area contributed by atoms with Crippen LogP contribution in [0.25, 0.3) is 0 Å². The average molecular weight is 231 g/mol. The molecule has 0 spiro atoms. The lowest BCUT2D eigenvalue weighted by molar-refractivity contribution is 0.201. The van der Waals surface area contributed by atoms with Gasteiger partial charge >= 0.3 is 0 Å². The van der Waals surface area contributed by atoms with Crippen LogP contribution >= 0.6 is 23.4 Å². The fourth-order valence-corrected chi connectivity index (χ4v) is 2.99. The van der Waals surface area contributed by atoms with E-state index in [0.717, 1.165) is 22.6 Å². The van der Waals surface area contributed by atoms with Crippen LogP contribution in [0.5, 0.6) is 5.75 Å². The normalized spacial score (nSPS) is 20.4. The number of hydrogen-bond acceptors (Lipinski definition) is 3. The SMILES string of the molecule is COc1ccc(Cl)c2c1CSCC2O. The van der Waals surface area contributed by atoms with Crippen LogP contribution in [0.15, 0.2) is 12.1 Å². The minimum Gasteiger partial charge on any atom is -0.496 e. The van der Waals surface area contributed by atoms with E-state index in [0.29, 0.717) is 10.8 Å². The monoisotopic (exact) mass is 230 g/mol. The van der Waals surface area contributed by atoms with Gasteiger partial charge in [-0.05, 0) is 12.1 Å². The van der Waals surface area contributed by atoms with Gasteiger partial charge in [-0.3, -0.25) is 0 Å². The molecular formula is C10H11ClO2S. The molecule has 1 N–H and O–H groups in total. The quantitative estimate of drug-likeness (QED) is 0.804. The summed E-state index contributed by atoms with van der Waals surface area (Å²) in [4.78, 5) is 0. The third-order valence-corrected chi connectivity index (χ3v) is 3.71. The van der Waals surface area contributed by atoms with Gasteiger partial charge in [0.1, 0.15) is 5.75 Å². The third-order valence-electron chi connectivity index (χ3n) is 2.34. The second-order valence-electron chi connectivity index (χ2n) is 3.17. The molecule has 1 aromatic carbocycles. The van der Waals surface area contributed by atoms with Crippen molar-refractivity contribution in [3.8, 4) is 5.75 Å². The fraction of sp³-hybridized carbons (Fsp3) is 0.400. The average Bonchev–Trinajstić information content (AvgIpc) is 2.18. The summed E-state index contributed by atoms with van der Waals surface area (Å²) in [6.07, 6.45) is -0.466. The Morgan fingerprint density at radius 2 is 2.36 bits per heavy atom. The summed E-state index contributed by atoms with van der Waals surface area (Å²) in [6.45, 7) is 0. The Hall–Kier alpha value is -0.380. The fourth-order valence-electron chi connectivity index (χ4n) is 1.67. The Labute approximate surface area is 92.2 Å². The predicted octanol–water partition coefficient (Wildman–Crippen LogP) is 2.63. The van der Waals surface area contributed by atoms with Crippen LogP contribution in [-0.4, -0.2) is 18.0 Å². The van der Waals surface area contributed by atoms with Crippen molar-refractivity contribution in [3.05, 3.63) is 28.3 Å². The molecule has 1 aliphatic heterocycles. The van der Waals surface area contributed by atoms with Gasteiger partial charge in [0.15, 0.2) is 0 Å². The predicted molar refractivity (Wildman–Crippen MR) is 59.1 cm³/mol. The molecule has 0 aliphatic carbocycles. The third kappa shape index (κ3) is 1.60. The van der Waals surface area contributed by atoms with E-state index >= 15 is 0 Å². The second kappa shape index (κ2) is 4.01. The minimum absolute atomic E-state index is 0.466. The van der Waals surface area contributed by atoms with Crippen LogP contribution in [0.4, 0.5) is 0 Å². The van der Waals surface area contributed by atoms with Crippen molar-refractivity contribution >= 4 is 23.4 Å². The maximum atomic E-state index is 9.80. The van der Waals surface area contributed by atoms with Crippen LogP contribution in [0.2, 0.25) is 5.02 Å². The van der Waals surface area contributed by atoms with Crippen LogP contribution in [-0.2, 0) is 5.75 Å². The number of ether oxygens (including phenoxy) is 1. The minimum atomic E-state index is -0.466. The van der Waals surface area contributed by atoms with E-state index in [1.165, 1.54) is 0 Å². The lowest BCUT2D eigenvalue weighted by Gasteiger charge is -2.23. The maximum absolute atomic E-state index is 9.80. The molecule has 1 aromatic rings. The number of benzene rings is 1. The van der Waals surface area contributed by atoms with Gasteiger partial charge in [-0.25, -0.2) is 0 Å². The van der Waals surface area contributed by atoms with Crippen LogP contribution < -0.4 is 4.74 Å². The van der Waals surface area contributed by atoms with E-state index < -0.39 is 6.10 Å². The van der Waals surface area contributed by atoms with Gasteiger partial charge in [0.25, 0.3) is 0 Å². The van der Waals surface area contributed by atoms with Crippen molar-refractivity contribution in [1.82, 2.24) is 0 Å². The van der Waals surface area contributed by atoms with E-state index in [1.54, 1.807) is 24.9 Å². The van der Waals surface area contributed by atoms with Crippen LogP contribution in [0.3, 0.4) is 0 Å². The molecule has 0 saturated heterocycles. The summed E-state index contributed by atoms with van der Waals surface area (Å²) in [5, 5.41) is 10.4. The van der Waals surface area contributed by atoms with E-state index in [9.17, 15) is 5.11 Å². The number of aliphatic hydroxyl groups excluding tert-OH is 1. The Kier molecular flexibility index (Phi) is 2.91. The number of thioether (sulfide) groups is 1. The summed E-state index contributed by atoms with van der Waals surface area (Å²) in [5.41, 5.74) is 1.87. The number of hydrogen-bond donors (Lipinski definition) is 1. The molecule has 0 aromatic heterocycles. The highest BCUT2D eigenvalue weighted by Gasteiger charge is 2.23. The van der Waals surface area contributed by atoms with Crippen LogP contribution in [0, 0.1) is 0 Å². The van der Waals surface area contributed by atoms with Crippen molar-refractivity contribution in [2.24, 2.45) is 0 Å². The van der Waals surface area contributed by atoms with E-state index in [-0.39, 0.29) is 0 Å². The molecule has 0 amide bonds. The highest BCUT2D eigenvalue weighted by molar-refractivity contribution is 7.98.